The van der Waals surface area contributed by atoms with Gasteiger partial charge in [-0.05, 0) is 30.3 Å². The highest BCUT2D eigenvalue weighted by molar-refractivity contribution is 6.31. The third kappa shape index (κ3) is 2.98. The fourth-order valence-corrected chi connectivity index (χ4v) is 3.29. The molecule has 0 amide bonds. The minimum atomic E-state index is 0.0906. The number of hydrogen-bond donors (Lipinski definition) is 0. The highest BCUT2D eigenvalue weighted by atomic mass is 35.5. The Kier molecular flexibility index (Phi) is 4.97. The van der Waals surface area contributed by atoms with E-state index in [-0.39, 0.29) is 6.04 Å². The lowest BCUT2D eigenvalue weighted by Crippen LogP contribution is -2.40. The van der Waals surface area contributed by atoms with E-state index < -0.39 is 0 Å². The van der Waals surface area contributed by atoms with E-state index in [2.05, 4.69) is 4.90 Å². The maximum atomic E-state index is 6.20. The van der Waals surface area contributed by atoms with Crippen molar-refractivity contribution in [2.75, 3.05) is 29.7 Å². The van der Waals surface area contributed by atoms with Crippen LogP contribution in [0.25, 0.3) is 0 Å². The first-order chi connectivity index (χ1) is 10.7. The van der Waals surface area contributed by atoms with Crippen molar-refractivity contribution in [3.63, 3.8) is 0 Å². The minimum Gasteiger partial charge on any atom is -0.463 e. The van der Waals surface area contributed by atoms with Crippen LogP contribution in [0.3, 0.4) is 0 Å². The summed E-state index contributed by atoms with van der Waals surface area (Å²) in [5.41, 5.74) is 2.78. The molecular formula is C16H15Cl3N2O. The molecule has 1 unspecified atom stereocenters. The second-order valence-corrected chi connectivity index (χ2v) is 6.14. The second-order valence-electron chi connectivity index (χ2n) is 5.02. The number of halogens is 3. The number of benzodiazepines with no additional fused rings is 1. The average molecular weight is 358 g/mol. The number of aliphatic imine (C=N–C) groups is 1. The predicted octanol–water partition coefficient (Wildman–Crippen LogP) is 4.44. The molecule has 1 aliphatic rings. The molecule has 0 aliphatic carbocycles. The fourth-order valence-electron chi connectivity index (χ4n) is 2.68. The van der Waals surface area contributed by atoms with Gasteiger partial charge < -0.3 is 9.32 Å². The molecule has 2 aromatic rings. The van der Waals surface area contributed by atoms with Crippen molar-refractivity contribution < 1.29 is 4.42 Å². The molecule has 6 heteroatoms. The molecule has 1 aromatic carbocycles. The van der Waals surface area contributed by atoms with Gasteiger partial charge in [0.15, 0.2) is 5.76 Å². The zero-order chi connectivity index (χ0) is 15.5. The van der Waals surface area contributed by atoms with Gasteiger partial charge in [-0.3, -0.25) is 4.99 Å². The molecule has 3 nitrogen and oxygen atoms in total. The molecule has 0 spiro atoms. The number of fused-ring (bicyclic) bond motifs is 1. The van der Waals surface area contributed by atoms with Crippen LogP contribution in [0, 0.1) is 0 Å². The molecule has 2 heterocycles. The molecule has 22 heavy (non-hydrogen) atoms. The van der Waals surface area contributed by atoms with Crippen molar-refractivity contribution in [2.24, 2.45) is 4.99 Å². The van der Waals surface area contributed by atoms with E-state index in [1.165, 1.54) is 0 Å². The topological polar surface area (TPSA) is 28.7 Å². The highest BCUT2D eigenvalue weighted by Gasteiger charge is 2.27. The third-order valence-corrected chi connectivity index (χ3v) is 4.44. The van der Waals surface area contributed by atoms with Crippen LogP contribution in [0.15, 0.2) is 46.0 Å². The first-order valence-corrected chi connectivity index (χ1v) is 8.46. The summed E-state index contributed by atoms with van der Waals surface area (Å²) in [6.45, 7) is 1.29. The summed E-state index contributed by atoms with van der Waals surface area (Å²) in [5.74, 6) is 1.73. The molecule has 0 fully saturated rings. The Morgan fingerprint density at radius 2 is 2.14 bits per heavy atom. The minimum absolute atomic E-state index is 0.0906. The summed E-state index contributed by atoms with van der Waals surface area (Å²) in [6.07, 6.45) is 1.64. The van der Waals surface area contributed by atoms with E-state index >= 15 is 0 Å². The number of alkyl halides is 2. The van der Waals surface area contributed by atoms with E-state index in [4.69, 9.17) is 44.2 Å². The first-order valence-electron chi connectivity index (χ1n) is 7.01. The van der Waals surface area contributed by atoms with Gasteiger partial charge >= 0.3 is 0 Å². The van der Waals surface area contributed by atoms with Crippen molar-refractivity contribution in [2.45, 2.75) is 6.04 Å². The molecule has 0 N–H and O–H groups in total. The van der Waals surface area contributed by atoms with Gasteiger partial charge in [0, 0.05) is 34.6 Å². The summed E-state index contributed by atoms with van der Waals surface area (Å²) in [6, 6.07) is 9.62. The van der Waals surface area contributed by atoms with E-state index in [9.17, 15) is 0 Å². The summed E-state index contributed by atoms with van der Waals surface area (Å²) in [5, 5.41) is 0.660. The number of nitrogens with zero attached hydrogens (tertiary/aromatic N) is 2. The lowest BCUT2D eigenvalue weighted by Gasteiger charge is -2.31. The largest absolute Gasteiger partial charge is 0.463 e. The predicted molar refractivity (Wildman–Crippen MR) is 93.2 cm³/mol. The van der Waals surface area contributed by atoms with Crippen LogP contribution in [-0.4, -0.2) is 36.6 Å². The Balaban J connectivity index is 2.16. The number of anilines is 1. The van der Waals surface area contributed by atoms with E-state index in [0.717, 1.165) is 22.7 Å². The third-order valence-electron chi connectivity index (χ3n) is 3.68. The van der Waals surface area contributed by atoms with E-state index in [1.807, 2.05) is 30.3 Å². The number of benzene rings is 1. The number of rotatable bonds is 4. The van der Waals surface area contributed by atoms with Gasteiger partial charge in [-0.1, -0.05) is 11.6 Å². The van der Waals surface area contributed by atoms with Crippen molar-refractivity contribution in [1.29, 1.82) is 0 Å². The van der Waals surface area contributed by atoms with Crippen LogP contribution >= 0.6 is 34.8 Å². The Labute approximate surface area is 144 Å². The molecule has 1 aromatic heterocycles. The molecule has 0 radical (unpaired) electrons. The Bertz CT molecular complexity index is 670. The molecule has 0 bridgehead atoms. The number of hydrogen-bond acceptors (Lipinski definition) is 3. The fraction of sp³-hybridized carbons (Fsp3) is 0.312. The van der Waals surface area contributed by atoms with E-state index in [1.54, 1.807) is 6.26 Å². The Morgan fingerprint density at radius 1 is 1.27 bits per heavy atom. The van der Waals surface area contributed by atoms with Crippen LogP contribution in [0.4, 0.5) is 5.69 Å². The van der Waals surface area contributed by atoms with Gasteiger partial charge in [0.2, 0.25) is 0 Å². The van der Waals surface area contributed by atoms with Gasteiger partial charge in [0.05, 0.1) is 18.8 Å². The van der Waals surface area contributed by atoms with Crippen LogP contribution in [0.5, 0.6) is 0 Å². The van der Waals surface area contributed by atoms with Crippen molar-refractivity contribution in [1.82, 2.24) is 0 Å². The summed E-state index contributed by atoms with van der Waals surface area (Å²) in [4.78, 5) is 6.93. The van der Waals surface area contributed by atoms with Gasteiger partial charge in [-0.25, -0.2) is 0 Å². The van der Waals surface area contributed by atoms with Crippen molar-refractivity contribution in [3.8, 4) is 0 Å². The van der Waals surface area contributed by atoms with Crippen LogP contribution in [-0.2, 0) is 0 Å². The smallest absolute Gasteiger partial charge is 0.152 e. The maximum absolute atomic E-state index is 6.20. The average Bonchev–Trinajstić information content (AvgIpc) is 3.00. The van der Waals surface area contributed by atoms with Gasteiger partial charge in [-0.2, -0.15) is 0 Å². The molecule has 0 saturated carbocycles. The van der Waals surface area contributed by atoms with Crippen LogP contribution in [0.1, 0.15) is 11.3 Å². The highest BCUT2D eigenvalue weighted by Crippen LogP contribution is 2.31. The lowest BCUT2D eigenvalue weighted by atomic mass is 10.0. The van der Waals surface area contributed by atoms with Crippen LogP contribution < -0.4 is 4.90 Å². The zero-order valence-corrected chi connectivity index (χ0v) is 14.1. The Morgan fingerprint density at radius 3 is 2.82 bits per heavy atom. The van der Waals surface area contributed by atoms with Gasteiger partial charge in [0.25, 0.3) is 0 Å². The standard InChI is InChI=1S/C16H15Cl3N2O/c17-5-6-21-12(9-18)10-20-16(15-2-1-7-22-15)13-8-11(19)3-4-14(13)21/h1-4,7-8,12H,5-6,9-10H2. The second kappa shape index (κ2) is 6.95. The summed E-state index contributed by atoms with van der Waals surface area (Å²) < 4.78 is 5.54. The van der Waals surface area contributed by atoms with Crippen LogP contribution in [0.2, 0.25) is 5.02 Å². The molecule has 1 atom stereocenters. The first kappa shape index (κ1) is 15.7. The number of furan rings is 1. The Hall–Kier alpha value is -1.16. The summed E-state index contributed by atoms with van der Waals surface area (Å²) in [7, 11) is 0. The molecule has 3 rings (SSSR count). The lowest BCUT2D eigenvalue weighted by molar-refractivity contribution is 0.557. The molecular weight excluding hydrogens is 343 g/mol. The molecule has 116 valence electrons. The molecule has 0 saturated heterocycles. The zero-order valence-electron chi connectivity index (χ0n) is 11.8. The van der Waals surface area contributed by atoms with Crippen molar-refractivity contribution in [3.05, 3.63) is 52.9 Å². The van der Waals surface area contributed by atoms with Crippen molar-refractivity contribution >= 4 is 46.2 Å². The normalized spacial score (nSPS) is 17.9. The molecule has 1 aliphatic heterocycles. The summed E-state index contributed by atoms with van der Waals surface area (Å²) >= 11 is 18.3. The van der Waals surface area contributed by atoms with Gasteiger partial charge in [-0.15, -0.1) is 23.2 Å². The SMILES string of the molecule is ClCCN1c2ccc(Cl)cc2C(c2ccco2)=NCC1CCl. The quantitative estimate of drug-likeness (QED) is 0.757. The maximum Gasteiger partial charge on any atom is 0.152 e. The van der Waals surface area contributed by atoms with Gasteiger partial charge in [0.1, 0.15) is 5.71 Å². The monoisotopic (exact) mass is 356 g/mol. The van der Waals surface area contributed by atoms with E-state index in [0.29, 0.717) is 29.9 Å².